The number of hydrogen-bond donors (Lipinski definition) is 0. The van der Waals surface area contributed by atoms with Gasteiger partial charge in [-0.2, -0.15) is 5.26 Å². The minimum atomic E-state index is -0.288. The smallest absolute Gasteiger partial charge is 0.146 e. The maximum atomic E-state index is 15.1. The zero-order valence-corrected chi connectivity index (χ0v) is 19.6. The van der Waals surface area contributed by atoms with Crippen LogP contribution in [0.25, 0.3) is 10.8 Å². The number of hydrogen-bond acceptors (Lipinski definition) is 1. The average Bonchev–Trinajstić information content (AvgIpc) is 2.88. The molecule has 0 fully saturated rings. The highest BCUT2D eigenvalue weighted by Crippen LogP contribution is 2.23. The lowest BCUT2D eigenvalue weighted by molar-refractivity contribution is 0.636. The molecule has 0 atom stereocenters. The third kappa shape index (κ3) is 5.92. The van der Waals surface area contributed by atoms with Crippen molar-refractivity contribution >= 4 is 10.8 Å². The van der Waals surface area contributed by atoms with E-state index in [-0.39, 0.29) is 5.82 Å². The summed E-state index contributed by atoms with van der Waals surface area (Å²) in [6.07, 6.45) is 6.84. The molecule has 0 heterocycles. The highest BCUT2D eigenvalue weighted by Gasteiger charge is 2.07. The molecule has 1 nitrogen and oxygen atoms in total. The van der Waals surface area contributed by atoms with Crippen LogP contribution in [0.2, 0.25) is 0 Å². The van der Waals surface area contributed by atoms with Crippen LogP contribution >= 0.6 is 0 Å². The van der Waals surface area contributed by atoms with Gasteiger partial charge in [0.2, 0.25) is 0 Å². The topological polar surface area (TPSA) is 23.8 Å². The van der Waals surface area contributed by atoms with Gasteiger partial charge in [-0.3, -0.25) is 0 Å². The summed E-state index contributed by atoms with van der Waals surface area (Å²) < 4.78 is 15.1. The number of fused-ring (bicyclic) bond motifs is 1. The van der Waals surface area contributed by atoms with Crippen molar-refractivity contribution in [1.82, 2.24) is 0 Å². The Morgan fingerprint density at radius 3 is 2.03 bits per heavy atom. The number of rotatable bonds is 7. The first-order chi connectivity index (χ1) is 16.7. The molecule has 4 aromatic carbocycles. The lowest BCUT2D eigenvalue weighted by Gasteiger charge is -2.07. The third-order valence-electron chi connectivity index (χ3n) is 6.17. The second kappa shape index (κ2) is 11.3. The Morgan fingerprint density at radius 1 is 0.676 bits per heavy atom. The number of nitriles is 1. The molecule has 4 rings (SSSR count). The standard InChI is InChI=1S/C32H28FN/c1-2-3-4-5-24-6-8-25(9-7-24)10-13-27-17-21-31-30(22-27)20-19-29(32(31)33)18-16-26-11-14-28(23-34)15-12-26/h6-9,11-12,14-15,17,19-22H,2-5,10,13H2,1H3. The molecule has 0 amide bonds. The number of halogens is 1. The summed E-state index contributed by atoms with van der Waals surface area (Å²) in [6, 6.07) is 27.7. The van der Waals surface area contributed by atoms with E-state index in [9.17, 15) is 0 Å². The van der Waals surface area contributed by atoms with E-state index in [1.54, 1.807) is 30.3 Å². The van der Waals surface area contributed by atoms with Gasteiger partial charge in [0.15, 0.2) is 0 Å². The van der Waals surface area contributed by atoms with Gasteiger partial charge < -0.3 is 0 Å². The summed E-state index contributed by atoms with van der Waals surface area (Å²) in [5, 5.41) is 10.4. The normalized spacial score (nSPS) is 10.5. The van der Waals surface area contributed by atoms with Gasteiger partial charge in [-0.15, -0.1) is 0 Å². The molecule has 0 aliphatic rings. The van der Waals surface area contributed by atoms with E-state index in [2.05, 4.69) is 55.2 Å². The number of unbranched alkanes of at least 4 members (excludes halogenated alkanes) is 2. The van der Waals surface area contributed by atoms with Crippen molar-refractivity contribution < 1.29 is 4.39 Å². The number of benzene rings is 4. The van der Waals surface area contributed by atoms with E-state index < -0.39 is 0 Å². The van der Waals surface area contributed by atoms with Crippen molar-refractivity contribution in [2.45, 2.75) is 45.4 Å². The van der Waals surface area contributed by atoms with Gasteiger partial charge >= 0.3 is 0 Å². The lowest BCUT2D eigenvalue weighted by atomic mass is 9.98. The molecule has 4 aromatic rings. The van der Waals surface area contributed by atoms with Crippen molar-refractivity contribution in [1.29, 1.82) is 5.26 Å². The maximum Gasteiger partial charge on any atom is 0.146 e. The Hall–Kier alpha value is -3.88. The van der Waals surface area contributed by atoms with Crippen molar-refractivity contribution in [2.24, 2.45) is 0 Å². The van der Waals surface area contributed by atoms with Gasteiger partial charge in [0.25, 0.3) is 0 Å². The van der Waals surface area contributed by atoms with Crippen LogP contribution in [0.15, 0.2) is 78.9 Å². The molecule has 0 aliphatic carbocycles. The molecular formula is C32H28FN. The van der Waals surface area contributed by atoms with Gasteiger partial charge in [0.1, 0.15) is 5.82 Å². The van der Waals surface area contributed by atoms with Crippen molar-refractivity contribution in [3.8, 4) is 17.9 Å². The molecule has 0 spiro atoms. The van der Waals surface area contributed by atoms with Gasteiger partial charge in [0.05, 0.1) is 17.2 Å². The molecular weight excluding hydrogens is 417 g/mol. The highest BCUT2D eigenvalue weighted by atomic mass is 19.1. The summed E-state index contributed by atoms with van der Waals surface area (Å²) in [5.74, 6) is 5.63. The fourth-order valence-corrected chi connectivity index (χ4v) is 4.10. The van der Waals surface area contributed by atoms with E-state index in [0.717, 1.165) is 30.2 Å². The maximum absolute atomic E-state index is 15.1. The first-order valence-electron chi connectivity index (χ1n) is 12.0. The fourth-order valence-electron chi connectivity index (χ4n) is 4.10. The second-order valence-corrected chi connectivity index (χ2v) is 8.70. The zero-order valence-electron chi connectivity index (χ0n) is 19.6. The molecule has 0 saturated heterocycles. The van der Waals surface area contributed by atoms with Gasteiger partial charge in [-0.05, 0) is 78.1 Å². The van der Waals surface area contributed by atoms with E-state index in [0.29, 0.717) is 16.5 Å². The quantitative estimate of drug-likeness (QED) is 0.211. The van der Waals surface area contributed by atoms with E-state index in [4.69, 9.17) is 5.26 Å². The Morgan fingerprint density at radius 2 is 1.32 bits per heavy atom. The first kappa shape index (κ1) is 23.3. The minimum absolute atomic E-state index is 0.288. The molecule has 0 aromatic heterocycles. The van der Waals surface area contributed by atoms with Crippen LogP contribution in [-0.2, 0) is 19.3 Å². The van der Waals surface area contributed by atoms with Crippen LogP contribution in [0.3, 0.4) is 0 Å². The summed E-state index contributed by atoms with van der Waals surface area (Å²) in [6.45, 7) is 2.23. The fraction of sp³-hybridized carbons (Fsp3) is 0.219. The third-order valence-corrected chi connectivity index (χ3v) is 6.17. The van der Waals surface area contributed by atoms with Gasteiger partial charge in [-0.25, -0.2) is 4.39 Å². The van der Waals surface area contributed by atoms with Gasteiger partial charge in [-0.1, -0.05) is 80.1 Å². The summed E-state index contributed by atoms with van der Waals surface area (Å²) in [7, 11) is 0. The van der Waals surface area contributed by atoms with Crippen molar-refractivity contribution in [2.75, 3.05) is 0 Å². The Kier molecular flexibility index (Phi) is 7.75. The number of nitrogens with zero attached hydrogens (tertiary/aromatic N) is 1. The van der Waals surface area contributed by atoms with E-state index in [1.165, 1.54) is 36.0 Å². The van der Waals surface area contributed by atoms with Crippen molar-refractivity contribution in [3.63, 3.8) is 0 Å². The molecule has 2 heteroatoms. The first-order valence-corrected chi connectivity index (χ1v) is 12.0. The Bertz CT molecular complexity index is 1360. The van der Waals surface area contributed by atoms with Gasteiger partial charge in [0, 0.05) is 10.9 Å². The van der Waals surface area contributed by atoms with Crippen LogP contribution in [0, 0.1) is 29.0 Å². The Balaban J connectivity index is 1.43. The number of aryl methyl sites for hydroxylation is 3. The van der Waals surface area contributed by atoms with Crippen LogP contribution in [0.5, 0.6) is 0 Å². The largest absolute Gasteiger partial charge is 0.205 e. The molecule has 0 aliphatic heterocycles. The molecule has 0 unspecified atom stereocenters. The van der Waals surface area contributed by atoms with Crippen LogP contribution < -0.4 is 0 Å². The Labute approximate surface area is 201 Å². The lowest BCUT2D eigenvalue weighted by Crippen LogP contribution is -1.94. The predicted octanol–water partition coefficient (Wildman–Crippen LogP) is 7.77. The SMILES string of the molecule is CCCCCc1ccc(CCc2ccc3c(F)c(C#Cc4ccc(C#N)cc4)ccc3c2)cc1. The predicted molar refractivity (Wildman–Crippen MR) is 138 cm³/mol. The van der Waals surface area contributed by atoms with Crippen LogP contribution in [0.1, 0.15) is 59.6 Å². The summed E-state index contributed by atoms with van der Waals surface area (Å²) >= 11 is 0. The summed E-state index contributed by atoms with van der Waals surface area (Å²) in [5.41, 5.74) is 5.66. The average molecular weight is 446 g/mol. The minimum Gasteiger partial charge on any atom is -0.205 e. The zero-order chi connectivity index (χ0) is 23.8. The molecule has 0 saturated carbocycles. The second-order valence-electron chi connectivity index (χ2n) is 8.70. The highest BCUT2D eigenvalue weighted by molar-refractivity contribution is 5.85. The van der Waals surface area contributed by atoms with Crippen molar-refractivity contribution in [3.05, 3.63) is 118 Å². The monoisotopic (exact) mass is 445 g/mol. The molecule has 34 heavy (non-hydrogen) atoms. The van der Waals surface area contributed by atoms with Crippen LogP contribution in [0.4, 0.5) is 4.39 Å². The van der Waals surface area contributed by atoms with E-state index in [1.807, 2.05) is 18.2 Å². The molecule has 0 N–H and O–H groups in total. The molecule has 168 valence electrons. The van der Waals surface area contributed by atoms with Crippen LogP contribution in [-0.4, -0.2) is 0 Å². The summed E-state index contributed by atoms with van der Waals surface area (Å²) in [4.78, 5) is 0. The van der Waals surface area contributed by atoms with E-state index >= 15 is 4.39 Å². The molecule has 0 bridgehead atoms. The molecule has 0 radical (unpaired) electrons.